The predicted molar refractivity (Wildman–Crippen MR) is 90.9 cm³/mol. The first-order valence-electron chi connectivity index (χ1n) is 9.00. The van der Waals surface area contributed by atoms with Crippen LogP contribution in [0, 0.1) is 0 Å². The van der Waals surface area contributed by atoms with E-state index in [0.29, 0.717) is 6.42 Å². The van der Waals surface area contributed by atoms with Crippen LogP contribution < -0.4 is 29.6 Å². The van der Waals surface area contributed by atoms with Gasteiger partial charge in [0.1, 0.15) is 0 Å². The second-order valence-corrected chi connectivity index (χ2v) is 8.30. The van der Waals surface area contributed by atoms with Crippen molar-refractivity contribution >= 4 is 10.1 Å². The minimum Gasteiger partial charge on any atom is -0.748 e. The van der Waals surface area contributed by atoms with E-state index in [9.17, 15) is 18.1 Å². The molecule has 0 aromatic rings. The molecule has 0 saturated heterocycles. The normalized spacial score (nSPS) is 14.3. The second-order valence-electron chi connectivity index (χ2n) is 6.51. The summed E-state index contributed by atoms with van der Waals surface area (Å²) in [4.78, 5) is 0. The van der Waals surface area contributed by atoms with E-state index < -0.39 is 15.4 Å². The van der Waals surface area contributed by atoms with Crippen molar-refractivity contribution in [3.05, 3.63) is 0 Å². The number of aliphatic hydroxyl groups excluding tert-OH is 1. The molecule has 0 fully saturated rings. The van der Waals surface area contributed by atoms with Crippen LogP contribution >= 0.6 is 0 Å². The largest absolute Gasteiger partial charge is 1.00 e. The molecule has 0 radical (unpaired) electrons. The molecule has 0 aliphatic rings. The van der Waals surface area contributed by atoms with E-state index in [2.05, 4.69) is 6.92 Å². The number of hydrogen-bond donors (Lipinski definition) is 1. The number of rotatable bonds is 15. The summed E-state index contributed by atoms with van der Waals surface area (Å²) in [6.07, 6.45) is 13.2. The zero-order valence-electron chi connectivity index (χ0n) is 15.4. The Kier molecular flexibility index (Phi) is 18.5. The fourth-order valence-electron chi connectivity index (χ4n) is 2.61. The van der Waals surface area contributed by atoms with Gasteiger partial charge in [-0.25, -0.2) is 8.42 Å². The van der Waals surface area contributed by atoms with Crippen molar-refractivity contribution < 1.29 is 47.6 Å². The van der Waals surface area contributed by atoms with E-state index in [1.807, 2.05) is 0 Å². The molecule has 0 spiro atoms. The van der Waals surface area contributed by atoms with Gasteiger partial charge in [-0.05, 0) is 26.2 Å². The maximum absolute atomic E-state index is 10.7. The molecule has 1 N–H and O–H groups in total. The molecular formula is C17H35NaO4S. The third kappa shape index (κ3) is 17.5. The average Bonchev–Trinajstić information content (AvgIpc) is 2.45. The van der Waals surface area contributed by atoms with Gasteiger partial charge in [0.25, 0.3) is 0 Å². The van der Waals surface area contributed by atoms with Crippen molar-refractivity contribution in [3.63, 3.8) is 0 Å². The standard InChI is InChI=1S/C17H36O4S.Na/c1-3-4-5-11-14-17(18)15-12-9-7-6-8-10-13-16(2)22(19,20)21;/h16-18H,3-15H2,1-2H3,(H,19,20,21);/q;+1/p-1. The topological polar surface area (TPSA) is 77.4 Å². The van der Waals surface area contributed by atoms with E-state index in [0.717, 1.165) is 57.8 Å². The molecule has 0 heterocycles. The van der Waals surface area contributed by atoms with Crippen molar-refractivity contribution in [2.75, 3.05) is 0 Å². The molecule has 134 valence electrons. The Morgan fingerprint density at radius 1 is 0.826 bits per heavy atom. The van der Waals surface area contributed by atoms with E-state index in [-0.39, 0.29) is 35.7 Å². The van der Waals surface area contributed by atoms with Crippen LogP contribution in [0.15, 0.2) is 0 Å². The molecule has 2 atom stereocenters. The van der Waals surface area contributed by atoms with Crippen LogP contribution in [0.2, 0.25) is 0 Å². The molecule has 2 unspecified atom stereocenters. The van der Waals surface area contributed by atoms with E-state index in [1.54, 1.807) is 0 Å². The molecule has 0 bridgehead atoms. The maximum Gasteiger partial charge on any atom is 1.00 e. The Morgan fingerprint density at radius 3 is 1.65 bits per heavy atom. The van der Waals surface area contributed by atoms with Gasteiger partial charge in [-0.15, -0.1) is 0 Å². The fraction of sp³-hybridized carbons (Fsp3) is 1.00. The molecule has 0 aliphatic heterocycles. The minimum atomic E-state index is -4.10. The zero-order chi connectivity index (χ0) is 16.8. The minimum absolute atomic E-state index is 0. The second kappa shape index (κ2) is 16.3. The molecule has 4 nitrogen and oxygen atoms in total. The van der Waals surface area contributed by atoms with Gasteiger partial charge in [-0.3, -0.25) is 0 Å². The van der Waals surface area contributed by atoms with Gasteiger partial charge < -0.3 is 9.66 Å². The molecule has 0 rings (SSSR count). The predicted octanol–water partition coefficient (Wildman–Crippen LogP) is 1.38. The van der Waals surface area contributed by atoms with Crippen LogP contribution in [0.1, 0.15) is 97.3 Å². The molecule has 23 heavy (non-hydrogen) atoms. The van der Waals surface area contributed by atoms with Gasteiger partial charge in [0, 0.05) is 5.25 Å². The van der Waals surface area contributed by atoms with Crippen LogP contribution in [-0.2, 0) is 10.1 Å². The summed E-state index contributed by atoms with van der Waals surface area (Å²) in [5.74, 6) is 0. The Balaban J connectivity index is 0. The zero-order valence-corrected chi connectivity index (χ0v) is 18.2. The average molecular weight is 359 g/mol. The van der Waals surface area contributed by atoms with Crippen LogP contribution in [0.3, 0.4) is 0 Å². The molecule has 0 aliphatic carbocycles. The van der Waals surface area contributed by atoms with Crippen LogP contribution in [0.4, 0.5) is 0 Å². The van der Waals surface area contributed by atoms with Gasteiger partial charge in [-0.2, -0.15) is 0 Å². The first kappa shape index (κ1) is 26.1. The molecule has 0 aromatic heterocycles. The summed E-state index contributed by atoms with van der Waals surface area (Å²) in [7, 11) is -4.10. The molecule has 0 amide bonds. The summed E-state index contributed by atoms with van der Waals surface area (Å²) in [5, 5.41) is 9.09. The van der Waals surface area contributed by atoms with E-state index >= 15 is 0 Å². The van der Waals surface area contributed by atoms with Gasteiger partial charge >= 0.3 is 29.6 Å². The quantitative estimate of drug-likeness (QED) is 0.272. The number of unbranched alkanes of at least 4 members (excludes halogenated alkanes) is 8. The van der Waals surface area contributed by atoms with Crippen molar-refractivity contribution in [2.45, 2.75) is 109 Å². The van der Waals surface area contributed by atoms with Gasteiger partial charge in [0.15, 0.2) is 0 Å². The first-order chi connectivity index (χ1) is 10.4. The summed E-state index contributed by atoms with van der Waals surface area (Å²) < 4.78 is 32.2. The maximum atomic E-state index is 10.7. The third-order valence-corrected chi connectivity index (χ3v) is 5.50. The van der Waals surface area contributed by atoms with Crippen molar-refractivity contribution in [1.29, 1.82) is 0 Å². The molecule has 0 aromatic carbocycles. The van der Waals surface area contributed by atoms with Crippen LogP contribution in [0.25, 0.3) is 0 Å². The Hall–Kier alpha value is 0.870. The van der Waals surface area contributed by atoms with Crippen LogP contribution in [0.5, 0.6) is 0 Å². The number of hydrogen-bond acceptors (Lipinski definition) is 4. The first-order valence-corrected chi connectivity index (χ1v) is 10.5. The molecule has 6 heteroatoms. The summed E-state index contributed by atoms with van der Waals surface area (Å²) in [5.41, 5.74) is 0. The van der Waals surface area contributed by atoms with Crippen LogP contribution in [-0.4, -0.2) is 29.4 Å². The van der Waals surface area contributed by atoms with E-state index in [4.69, 9.17) is 0 Å². The van der Waals surface area contributed by atoms with Crippen molar-refractivity contribution in [3.8, 4) is 0 Å². The Bertz CT molecular complexity index is 347. The van der Waals surface area contributed by atoms with Crippen molar-refractivity contribution in [1.82, 2.24) is 0 Å². The summed E-state index contributed by atoms with van der Waals surface area (Å²) in [6, 6.07) is 0. The number of aliphatic hydroxyl groups is 1. The Morgan fingerprint density at radius 2 is 1.22 bits per heavy atom. The summed E-state index contributed by atoms with van der Waals surface area (Å²) in [6.45, 7) is 3.68. The SMILES string of the molecule is CCCCCCC(O)CCCCCCCCC(C)S(=O)(=O)[O-].[Na+]. The van der Waals surface area contributed by atoms with Gasteiger partial charge in [0.2, 0.25) is 0 Å². The van der Waals surface area contributed by atoms with Gasteiger partial charge in [-0.1, -0.05) is 71.1 Å². The monoisotopic (exact) mass is 358 g/mol. The Labute approximate surface area is 165 Å². The summed E-state index contributed by atoms with van der Waals surface area (Å²) >= 11 is 0. The third-order valence-electron chi connectivity index (χ3n) is 4.28. The van der Waals surface area contributed by atoms with E-state index in [1.165, 1.54) is 26.2 Å². The molecule has 0 saturated carbocycles. The fourth-order valence-corrected chi connectivity index (χ4v) is 3.07. The van der Waals surface area contributed by atoms with Gasteiger partial charge in [0.05, 0.1) is 16.2 Å². The van der Waals surface area contributed by atoms with Crippen molar-refractivity contribution in [2.24, 2.45) is 0 Å². The smallest absolute Gasteiger partial charge is 0.748 e. The molecular weight excluding hydrogens is 323 g/mol.